The predicted molar refractivity (Wildman–Crippen MR) is 160 cm³/mol. The minimum atomic E-state index is 1.22. The summed E-state index contributed by atoms with van der Waals surface area (Å²) in [5.41, 5.74) is 1.32. The van der Waals surface area contributed by atoms with E-state index in [1.807, 2.05) is 0 Å². The monoisotopic (exact) mass is 483 g/mol. The second-order valence-electron chi connectivity index (χ2n) is 10.8. The lowest BCUT2D eigenvalue weighted by Crippen LogP contribution is -2.20. The third-order valence-electron chi connectivity index (χ3n) is 7.38. The van der Waals surface area contributed by atoms with Gasteiger partial charge in [-0.3, -0.25) is 0 Å². The Hall–Kier alpha value is -1.24. The van der Waals surface area contributed by atoms with Crippen LogP contribution in [0.3, 0.4) is 0 Å². The van der Waals surface area contributed by atoms with Crippen molar-refractivity contribution in [3.63, 3.8) is 0 Å². The van der Waals surface area contributed by atoms with Gasteiger partial charge in [0.25, 0.3) is 0 Å². The zero-order valence-electron chi connectivity index (χ0n) is 24.0. The number of nitrogens with zero attached hydrogens (tertiary/aromatic N) is 1. The van der Waals surface area contributed by atoms with Crippen molar-refractivity contribution in [1.82, 2.24) is 4.90 Å². The van der Waals surface area contributed by atoms with Gasteiger partial charge in [-0.1, -0.05) is 173 Å². The Balaban J connectivity index is 2.14. The highest BCUT2D eigenvalue weighted by atomic mass is 15.1. The highest BCUT2D eigenvalue weighted by Gasteiger charge is 2.01. The van der Waals surface area contributed by atoms with E-state index in [4.69, 9.17) is 0 Å². The van der Waals surface area contributed by atoms with Gasteiger partial charge in [-0.15, -0.1) is 0 Å². The molecular weight excluding hydrogens is 422 g/mol. The first-order valence-corrected chi connectivity index (χ1v) is 15.8. The molecule has 0 atom stereocenters. The Morgan fingerprint density at radius 2 is 0.800 bits per heavy atom. The summed E-state index contributed by atoms with van der Waals surface area (Å²) in [7, 11) is 0. The van der Waals surface area contributed by atoms with E-state index in [-0.39, 0.29) is 0 Å². The molecule has 0 aliphatic carbocycles. The molecule has 1 aromatic carbocycles. The molecular formula is C34H61N. The number of benzene rings is 1. The van der Waals surface area contributed by atoms with Crippen LogP contribution < -0.4 is 0 Å². The maximum Gasteiger partial charge on any atom is 0.0172 e. The molecule has 0 spiro atoms. The van der Waals surface area contributed by atoms with Crippen LogP contribution >= 0.6 is 0 Å². The van der Waals surface area contributed by atoms with Gasteiger partial charge < -0.3 is 4.90 Å². The van der Waals surface area contributed by atoms with Gasteiger partial charge in [-0.05, 0) is 30.7 Å². The van der Waals surface area contributed by atoms with Crippen molar-refractivity contribution in [2.24, 2.45) is 0 Å². The van der Waals surface area contributed by atoms with Gasteiger partial charge in [-0.2, -0.15) is 0 Å². The van der Waals surface area contributed by atoms with E-state index in [0.717, 1.165) is 0 Å². The molecule has 0 N–H and O–H groups in total. The normalized spacial score (nSPS) is 11.5. The van der Waals surface area contributed by atoms with Gasteiger partial charge in [0.05, 0.1) is 0 Å². The Labute approximate surface area is 221 Å². The van der Waals surface area contributed by atoms with E-state index in [9.17, 15) is 0 Å². The molecule has 35 heavy (non-hydrogen) atoms. The summed E-state index contributed by atoms with van der Waals surface area (Å²) in [6, 6.07) is 10.8. The molecule has 0 saturated carbocycles. The van der Waals surface area contributed by atoms with Crippen LogP contribution in [0.5, 0.6) is 0 Å². The largest absolute Gasteiger partial charge is 0.377 e. The van der Waals surface area contributed by atoms with E-state index in [1.165, 1.54) is 160 Å². The Morgan fingerprint density at radius 1 is 0.457 bits per heavy atom. The molecule has 0 fully saturated rings. The van der Waals surface area contributed by atoms with E-state index < -0.39 is 0 Å². The molecule has 0 amide bonds. The van der Waals surface area contributed by atoms with E-state index in [1.54, 1.807) is 0 Å². The fraction of sp³-hybridized carbons (Fsp3) is 0.765. The van der Waals surface area contributed by atoms with Crippen LogP contribution in [0.4, 0.5) is 0 Å². The van der Waals surface area contributed by atoms with Crippen molar-refractivity contribution in [1.29, 1.82) is 0 Å². The number of rotatable bonds is 26. The predicted octanol–water partition coefficient (Wildman–Crippen LogP) is 11.6. The first-order valence-electron chi connectivity index (χ1n) is 15.8. The molecule has 0 radical (unpaired) electrons. The van der Waals surface area contributed by atoms with Crippen molar-refractivity contribution in [2.75, 3.05) is 13.1 Å². The molecule has 0 bridgehead atoms. The topological polar surface area (TPSA) is 3.24 Å². The lowest BCUT2D eigenvalue weighted by atomic mass is 10.1. The van der Waals surface area contributed by atoms with Crippen molar-refractivity contribution in [3.05, 3.63) is 42.1 Å². The Bertz CT molecular complexity index is 523. The molecule has 1 nitrogen and oxygen atoms in total. The molecule has 202 valence electrons. The second kappa shape index (κ2) is 25.8. The van der Waals surface area contributed by atoms with Crippen molar-refractivity contribution in [2.45, 2.75) is 155 Å². The molecule has 1 heteroatoms. The van der Waals surface area contributed by atoms with Crippen LogP contribution in [0.2, 0.25) is 0 Å². The summed E-state index contributed by atoms with van der Waals surface area (Å²) >= 11 is 0. The van der Waals surface area contributed by atoms with Gasteiger partial charge in [0.15, 0.2) is 0 Å². The van der Waals surface area contributed by atoms with Gasteiger partial charge in [0, 0.05) is 13.1 Å². The van der Waals surface area contributed by atoms with Crippen LogP contribution in [-0.4, -0.2) is 18.0 Å². The summed E-state index contributed by atoms with van der Waals surface area (Å²) in [6.45, 7) is 7.05. The van der Waals surface area contributed by atoms with Crippen LogP contribution in [-0.2, 0) is 0 Å². The highest BCUT2D eigenvalue weighted by molar-refractivity contribution is 5.48. The first-order chi connectivity index (χ1) is 17.4. The summed E-state index contributed by atoms with van der Waals surface area (Å²) < 4.78 is 0. The molecule has 0 saturated heterocycles. The minimum absolute atomic E-state index is 1.22. The van der Waals surface area contributed by atoms with Gasteiger partial charge in [0.2, 0.25) is 0 Å². The van der Waals surface area contributed by atoms with Crippen molar-refractivity contribution >= 4 is 6.08 Å². The number of hydrogen-bond donors (Lipinski definition) is 0. The molecule has 0 heterocycles. The fourth-order valence-corrected chi connectivity index (χ4v) is 4.97. The minimum Gasteiger partial charge on any atom is -0.377 e. The smallest absolute Gasteiger partial charge is 0.0172 e. The van der Waals surface area contributed by atoms with Gasteiger partial charge in [-0.25, -0.2) is 0 Å². The van der Waals surface area contributed by atoms with E-state index in [0.29, 0.717) is 0 Å². The second-order valence-corrected chi connectivity index (χ2v) is 10.8. The maximum absolute atomic E-state index is 2.59. The fourth-order valence-electron chi connectivity index (χ4n) is 4.97. The summed E-state index contributed by atoms with van der Waals surface area (Å²) in [6.07, 6.45) is 35.9. The summed E-state index contributed by atoms with van der Waals surface area (Å²) in [4.78, 5) is 2.59. The van der Waals surface area contributed by atoms with Gasteiger partial charge in [0.1, 0.15) is 0 Å². The van der Waals surface area contributed by atoms with Crippen LogP contribution in [0.25, 0.3) is 6.08 Å². The average Bonchev–Trinajstić information content (AvgIpc) is 2.89. The number of unbranched alkanes of at least 4 members (excludes halogenated alkanes) is 20. The summed E-state index contributed by atoms with van der Waals surface area (Å²) in [5.74, 6) is 0. The third kappa shape index (κ3) is 21.7. The van der Waals surface area contributed by atoms with Crippen LogP contribution in [0, 0.1) is 0 Å². The lowest BCUT2D eigenvalue weighted by Gasteiger charge is -2.20. The average molecular weight is 484 g/mol. The van der Waals surface area contributed by atoms with Crippen molar-refractivity contribution < 1.29 is 0 Å². The lowest BCUT2D eigenvalue weighted by molar-refractivity contribution is 0.351. The quantitative estimate of drug-likeness (QED) is 0.118. The maximum atomic E-state index is 2.59. The molecule has 0 aliphatic rings. The SMILES string of the molecule is CCCCCCCCCCCCCN(C=Cc1ccccc1)CCCCCCCCCCCCC. The Kier molecular flexibility index (Phi) is 23.5. The number of hydrogen-bond acceptors (Lipinski definition) is 1. The Morgan fingerprint density at radius 3 is 1.17 bits per heavy atom. The zero-order chi connectivity index (χ0) is 25.1. The third-order valence-corrected chi connectivity index (χ3v) is 7.38. The van der Waals surface area contributed by atoms with E-state index >= 15 is 0 Å². The van der Waals surface area contributed by atoms with Crippen molar-refractivity contribution in [3.8, 4) is 0 Å². The van der Waals surface area contributed by atoms with Crippen LogP contribution in [0.1, 0.15) is 161 Å². The van der Waals surface area contributed by atoms with Gasteiger partial charge >= 0.3 is 0 Å². The zero-order valence-corrected chi connectivity index (χ0v) is 24.0. The highest BCUT2D eigenvalue weighted by Crippen LogP contribution is 2.14. The van der Waals surface area contributed by atoms with E-state index in [2.05, 4.69) is 61.4 Å². The molecule has 0 aromatic heterocycles. The van der Waals surface area contributed by atoms with Crippen LogP contribution in [0.15, 0.2) is 36.5 Å². The first kappa shape index (κ1) is 31.8. The molecule has 1 rings (SSSR count). The standard InChI is InChI=1S/C34H61N/c1-3-5-7-9-11-13-15-17-19-21-26-31-35(33-30-34-28-24-23-25-29-34)32-27-22-20-18-16-14-12-10-8-6-4-2/h23-25,28-30,33H,3-22,26-27,31-32H2,1-2H3. The summed E-state index contributed by atoms with van der Waals surface area (Å²) in [5, 5.41) is 0. The molecule has 0 aliphatic heterocycles. The molecule has 0 unspecified atom stereocenters. The molecule has 1 aromatic rings.